The van der Waals surface area contributed by atoms with Crippen molar-refractivity contribution < 1.29 is 23.9 Å². The average molecular weight is 260 g/mol. The van der Waals surface area contributed by atoms with Gasteiger partial charge in [0.15, 0.2) is 0 Å². The van der Waals surface area contributed by atoms with Crippen molar-refractivity contribution in [1.82, 2.24) is 0 Å². The predicted molar refractivity (Wildman–Crippen MR) is 61.3 cm³/mol. The highest BCUT2D eigenvalue weighted by molar-refractivity contribution is 5.99. The van der Waals surface area contributed by atoms with E-state index < -0.39 is 17.9 Å². The van der Waals surface area contributed by atoms with E-state index in [2.05, 4.69) is 0 Å². The van der Waals surface area contributed by atoms with Crippen molar-refractivity contribution in [2.45, 2.75) is 0 Å². The van der Waals surface area contributed by atoms with Gasteiger partial charge in [0.05, 0.1) is 18.9 Å². The minimum Gasteiger partial charge on any atom is -0.466 e. The minimum absolute atomic E-state index is 0.00199. The summed E-state index contributed by atoms with van der Waals surface area (Å²) in [4.78, 5) is 35.3. The number of hydrogen-bond acceptors (Lipinski definition) is 5. The first-order valence-electron chi connectivity index (χ1n) is 6.37. The first kappa shape index (κ1) is 11.0. The van der Waals surface area contributed by atoms with Gasteiger partial charge in [-0.15, -0.1) is 0 Å². The number of methoxy groups -OCH3 is 1. The Balaban J connectivity index is 1.76. The van der Waals surface area contributed by atoms with Crippen LogP contribution in [0.1, 0.15) is 0 Å². The average Bonchev–Trinajstić information content (AvgIpc) is 2.66. The van der Waals surface area contributed by atoms with Crippen LogP contribution < -0.4 is 0 Å². The van der Waals surface area contributed by atoms with Crippen LogP contribution in [0, 0.1) is 35.5 Å². The summed E-state index contributed by atoms with van der Waals surface area (Å²) in [7, 11) is 1.35. The summed E-state index contributed by atoms with van der Waals surface area (Å²) in [6.07, 6.45) is 5.84. The third-order valence-corrected chi connectivity index (χ3v) is 4.94. The molecule has 0 spiro atoms. The Labute approximate surface area is 109 Å². The van der Waals surface area contributed by atoms with Crippen LogP contribution in [0.15, 0.2) is 23.8 Å². The number of cyclic esters (lactones) is 2. The molecule has 0 radical (unpaired) electrons. The Bertz CT molecular complexity index is 572. The van der Waals surface area contributed by atoms with Crippen LogP contribution in [0.2, 0.25) is 0 Å². The zero-order valence-electron chi connectivity index (χ0n) is 10.2. The highest BCUT2D eigenvalue weighted by Gasteiger charge is 2.64. The molecular formula is C14H12O5. The van der Waals surface area contributed by atoms with E-state index in [4.69, 9.17) is 9.47 Å². The first-order chi connectivity index (χ1) is 9.13. The monoisotopic (exact) mass is 260 g/mol. The lowest BCUT2D eigenvalue weighted by molar-refractivity contribution is -0.154. The number of esters is 3. The molecule has 5 aliphatic rings. The lowest BCUT2D eigenvalue weighted by Gasteiger charge is -2.53. The second kappa shape index (κ2) is 3.35. The van der Waals surface area contributed by atoms with E-state index in [1.165, 1.54) is 7.11 Å². The van der Waals surface area contributed by atoms with E-state index in [1.807, 2.05) is 18.2 Å². The van der Waals surface area contributed by atoms with Crippen molar-refractivity contribution in [3.63, 3.8) is 0 Å². The zero-order valence-corrected chi connectivity index (χ0v) is 10.2. The molecule has 0 aromatic heterocycles. The highest BCUT2D eigenvalue weighted by Crippen LogP contribution is 2.60. The molecule has 5 nitrogen and oxygen atoms in total. The molecule has 4 aliphatic carbocycles. The standard InChI is InChI=1S/C14H12O5/c1-18-12(15)8-4-7-5-2-3-6(9(7)8)11-10(5)13(16)19-14(11)17/h2-7,9-11H,1H3/t5-,6-,7+,9+,10+,11+/m0/s1. The van der Waals surface area contributed by atoms with Gasteiger partial charge < -0.3 is 9.47 Å². The van der Waals surface area contributed by atoms with E-state index in [9.17, 15) is 14.4 Å². The van der Waals surface area contributed by atoms with Crippen LogP contribution in [-0.4, -0.2) is 25.0 Å². The molecule has 1 heterocycles. The molecule has 1 saturated heterocycles. The molecule has 5 heteroatoms. The third kappa shape index (κ3) is 1.13. The van der Waals surface area contributed by atoms with Crippen LogP contribution in [0.4, 0.5) is 0 Å². The number of rotatable bonds is 1. The molecule has 6 atom stereocenters. The normalized spacial score (nSPS) is 45.0. The fourth-order valence-electron chi connectivity index (χ4n) is 4.18. The SMILES string of the molecule is COC(=O)C1=C[C@@H]2[C@@H]3C=C[C@@H]([C@@H]12)[C@H]1C(=O)OC(=O)[C@H]31. The number of carbonyl (C=O) groups excluding carboxylic acids is 3. The molecule has 0 aromatic carbocycles. The van der Waals surface area contributed by atoms with Crippen LogP contribution >= 0.6 is 0 Å². The Hall–Kier alpha value is -1.91. The molecule has 1 saturated carbocycles. The van der Waals surface area contributed by atoms with Crippen LogP contribution in [-0.2, 0) is 23.9 Å². The van der Waals surface area contributed by atoms with Crippen molar-refractivity contribution in [2.24, 2.45) is 35.5 Å². The smallest absolute Gasteiger partial charge is 0.333 e. The second-order valence-corrected chi connectivity index (χ2v) is 5.55. The second-order valence-electron chi connectivity index (χ2n) is 5.55. The molecule has 5 rings (SSSR count). The fourth-order valence-corrected chi connectivity index (χ4v) is 4.18. The molecule has 0 amide bonds. The van der Waals surface area contributed by atoms with Gasteiger partial charge in [-0.3, -0.25) is 9.59 Å². The predicted octanol–water partition coefficient (Wildman–Crippen LogP) is 0.463. The first-order valence-corrected chi connectivity index (χ1v) is 6.37. The number of ether oxygens (including phenoxy) is 2. The van der Waals surface area contributed by atoms with Gasteiger partial charge in [0.2, 0.25) is 0 Å². The summed E-state index contributed by atoms with van der Waals surface area (Å²) in [6, 6.07) is 0. The fraction of sp³-hybridized carbons (Fsp3) is 0.500. The molecule has 2 bridgehead atoms. The maximum Gasteiger partial charge on any atom is 0.333 e. The van der Waals surface area contributed by atoms with E-state index in [-0.39, 0.29) is 35.6 Å². The van der Waals surface area contributed by atoms with Gasteiger partial charge in [0, 0.05) is 11.5 Å². The minimum atomic E-state index is -0.441. The lowest BCUT2D eigenvalue weighted by Crippen LogP contribution is -2.54. The van der Waals surface area contributed by atoms with Crippen molar-refractivity contribution >= 4 is 17.9 Å². The molecule has 0 unspecified atom stereocenters. The molecule has 1 aliphatic heterocycles. The van der Waals surface area contributed by atoms with Crippen molar-refractivity contribution in [3.05, 3.63) is 23.8 Å². The molecule has 2 fully saturated rings. The summed E-state index contributed by atoms with van der Waals surface area (Å²) in [5, 5.41) is 0. The molecule has 0 N–H and O–H groups in total. The maximum absolute atomic E-state index is 11.8. The summed E-state index contributed by atoms with van der Waals surface area (Å²) < 4.78 is 9.53. The summed E-state index contributed by atoms with van der Waals surface area (Å²) in [5.74, 6) is -1.94. The lowest BCUT2D eigenvalue weighted by atomic mass is 9.48. The molecule has 0 aromatic rings. The summed E-state index contributed by atoms with van der Waals surface area (Å²) in [5.41, 5.74) is 0.637. The molecular weight excluding hydrogens is 248 g/mol. The van der Waals surface area contributed by atoms with Gasteiger partial charge in [-0.05, 0) is 17.8 Å². The van der Waals surface area contributed by atoms with Gasteiger partial charge in [0.25, 0.3) is 0 Å². The van der Waals surface area contributed by atoms with Crippen molar-refractivity contribution in [2.75, 3.05) is 7.11 Å². The Morgan fingerprint density at radius 3 is 2.37 bits per heavy atom. The van der Waals surface area contributed by atoms with E-state index in [0.29, 0.717) is 5.57 Å². The van der Waals surface area contributed by atoms with E-state index in [1.54, 1.807) is 0 Å². The van der Waals surface area contributed by atoms with Crippen LogP contribution in [0.25, 0.3) is 0 Å². The summed E-state index contributed by atoms with van der Waals surface area (Å²) in [6.45, 7) is 0. The number of allylic oxidation sites excluding steroid dienone is 3. The number of carbonyl (C=O) groups is 3. The Morgan fingerprint density at radius 2 is 1.68 bits per heavy atom. The number of hydrogen-bond donors (Lipinski definition) is 0. The maximum atomic E-state index is 11.8. The topological polar surface area (TPSA) is 69.7 Å². The van der Waals surface area contributed by atoms with Gasteiger partial charge in [-0.25, -0.2) is 4.79 Å². The molecule has 98 valence electrons. The highest BCUT2D eigenvalue weighted by atomic mass is 16.6. The molecule has 19 heavy (non-hydrogen) atoms. The van der Waals surface area contributed by atoms with Crippen molar-refractivity contribution in [3.8, 4) is 0 Å². The quantitative estimate of drug-likeness (QED) is 0.389. The van der Waals surface area contributed by atoms with Crippen molar-refractivity contribution in [1.29, 1.82) is 0 Å². The van der Waals surface area contributed by atoms with E-state index in [0.717, 1.165) is 0 Å². The van der Waals surface area contributed by atoms with Gasteiger partial charge in [-0.1, -0.05) is 18.2 Å². The Kier molecular flexibility index (Phi) is 1.93. The van der Waals surface area contributed by atoms with Crippen LogP contribution in [0.5, 0.6) is 0 Å². The van der Waals surface area contributed by atoms with Crippen LogP contribution in [0.3, 0.4) is 0 Å². The summed E-state index contributed by atoms with van der Waals surface area (Å²) >= 11 is 0. The largest absolute Gasteiger partial charge is 0.466 e. The Morgan fingerprint density at radius 1 is 1.05 bits per heavy atom. The third-order valence-electron chi connectivity index (χ3n) is 4.94. The van der Waals surface area contributed by atoms with Gasteiger partial charge in [-0.2, -0.15) is 0 Å². The zero-order chi connectivity index (χ0) is 13.3. The van der Waals surface area contributed by atoms with E-state index >= 15 is 0 Å². The van der Waals surface area contributed by atoms with Gasteiger partial charge in [0.1, 0.15) is 0 Å². The van der Waals surface area contributed by atoms with Gasteiger partial charge >= 0.3 is 17.9 Å².